The van der Waals surface area contributed by atoms with E-state index in [1.165, 1.54) is 0 Å². The lowest BCUT2D eigenvalue weighted by atomic mass is 10.1. The number of phenols is 1. The predicted octanol–water partition coefficient (Wildman–Crippen LogP) is 3.74. The Kier molecular flexibility index (Phi) is 7.36. The molecule has 0 saturated heterocycles. The molecular formula is C18H30N2O3. The first-order valence-corrected chi connectivity index (χ1v) is 8.23. The Bertz CT molecular complexity index is 480. The summed E-state index contributed by atoms with van der Waals surface area (Å²) in [6.07, 6.45) is 1.59. The first kappa shape index (κ1) is 19.3. The fourth-order valence-corrected chi connectivity index (χ4v) is 2.33. The summed E-state index contributed by atoms with van der Waals surface area (Å²) in [7, 11) is 0. The fourth-order valence-electron chi connectivity index (χ4n) is 2.33. The van der Waals surface area contributed by atoms with Crippen molar-refractivity contribution in [2.45, 2.75) is 65.1 Å². The van der Waals surface area contributed by atoms with E-state index in [4.69, 9.17) is 4.74 Å². The molecule has 3 N–H and O–H groups in total. The molecule has 0 saturated carbocycles. The van der Waals surface area contributed by atoms with Crippen molar-refractivity contribution in [1.82, 2.24) is 10.6 Å². The van der Waals surface area contributed by atoms with Crippen LogP contribution in [0.25, 0.3) is 0 Å². The minimum atomic E-state index is -0.489. The standard InChI is InChI=1S/C18H30N2O3/c1-6-7-15(12-19-17(22)23-18(3,4)5)20-13(2)14-8-10-16(21)11-9-14/h8-11,13,15,20-21H,6-7,12H2,1-5H3,(H,19,22). The summed E-state index contributed by atoms with van der Waals surface area (Å²) in [5.41, 5.74) is 0.609. The summed E-state index contributed by atoms with van der Waals surface area (Å²) in [4.78, 5) is 11.8. The number of benzene rings is 1. The number of phenolic OH excluding ortho intramolecular Hbond substituents is 1. The highest BCUT2D eigenvalue weighted by molar-refractivity contribution is 5.67. The average Bonchev–Trinajstić information content (AvgIpc) is 2.44. The molecule has 2 unspecified atom stereocenters. The van der Waals surface area contributed by atoms with Crippen LogP contribution < -0.4 is 10.6 Å². The number of nitrogens with one attached hydrogen (secondary N) is 2. The molecule has 1 amide bonds. The van der Waals surface area contributed by atoms with Gasteiger partial charge in [0.15, 0.2) is 0 Å². The zero-order valence-corrected chi connectivity index (χ0v) is 14.8. The predicted molar refractivity (Wildman–Crippen MR) is 92.6 cm³/mol. The average molecular weight is 322 g/mol. The summed E-state index contributed by atoms with van der Waals surface area (Å²) < 4.78 is 5.26. The molecule has 1 aromatic rings. The SMILES string of the molecule is CCCC(CNC(=O)OC(C)(C)C)NC(C)c1ccc(O)cc1. The topological polar surface area (TPSA) is 70.6 Å². The molecule has 1 rings (SSSR count). The van der Waals surface area contributed by atoms with Gasteiger partial charge in [-0.05, 0) is 51.8 Å². The minimum absolute atomic E-state index is 0.132. The number of carbonyl (C=O) groups excluding carboxylic acids is 1. The zero-order valence-electron chi connectivity index (χ0n) is 14.8. The third kappa shape index (κ3) is 7.88. The molecule has 1 aromatic carbocycles. The van der Waals surface area contributed by atoms with E-state index >= 15 is 0 Å². The van der Waals surface area contributed by atoms with E-state index in [0.717, 1.165) is 18.4 Å². The van der Waals surface area contributed by atoms with E-state index in [-0.39, 0.29) is 17.8 Å². The van der Waals surface area contributed by atoms with Gasteiger partial charge in [-0.25, -0.2) is 4.79 Å². The second-order valence-corrected chi connectivity index (χ2v) is 6.85. The number of rotatable bonds is 7. The van der Waals surface area contributed by atoms with Gasteiger partial charge >= 0.3 is 6.09 Å². The van der Waals surface area contributed by atoms with Crippen LogP contribution in [0.1, 0.15) is 59.1 Å². The van der Waals surface area contributed by atoms with Crippen LogP contribution in [-0.2, 0) is 4.74 Å². The minimum Gasteiger partial charge on any atom is -0.508 e. The molecule has 0 heterocycles. The fraction of sp³-hybridized carbons (Fsp3) is 0.611. The van der Waals surface area contributed by atoms with Gasteiger partial charge in [-0.1, -0.05) is 25.5 Å². The Morgan fingerprint density at radius 1 is 1.26 bits per heavy atom. The van der Waals surface area contributed by atoms with Crippen molar-refractivity contribution in [2.75, 3.05) is 6.54 Å². The van der Waals surface area contributed by atoms with Gasteiger partial charge in [0.05, 0.1) is 0 Å². The van der Waals surface area contributed by atoms with Gasteiger partial charge in [0.25, 0.3) is 0 Å². The monoisotopic (exact) mass is 322 g/mol. The largest absolute Gasteiger partial charge is 0.508 e. The number of hydrogen-bond donors (Lipinski definition) is 3. The molecule has 5 nitrogen and oxygen atoms in total. The van der Waals surface area contributed by atoms with Crippen molar-refractivity contribution in [2.24, 2.45) is 0 Å². The van der Waals surface area contributed by atoms with Crippen molar-refractivity contribution in [1.29, 1.82) is 0 Å². The highest BCUT2D eigenvalue weighted by Crippen LogP contribution is 2.17. The van der Waals surface area contributed by atoms with Crippen LogP contribution in [0.15, 0.2) is 24.3 Å². The van der Waals surface area contributed by atoms with Crippen LogP contribution in [0.2, 0.25) is 0 Å². The van der Waals surface area contributed by atoms with Gasteiger partial charge in [-0.3, -0.25) is 0 Å². The number of amides is 1. The number of alkyl carbamates (subject to hydrolysis) is 1. The Morgan fingerprint density at radius 3 is 2.39 bits per heavy atom. The Labute approximate surface area is 139 Å². The van der Waals surface area contributed by atoms with Crippen molar-refractivity contribution in [3.8, 4) is 5.75 Å². The van der Waals surface area contributed by atoms with Gasteiger partial charge in [0.2, 0.25) is 0 Å². The Hall–Kier alpha value is -1.75. The van der Waals surface area contributed by atoms with Crippen LogP contribution in [0.3, 0.4) is 0 Å². The molecular weight excluding hydrogens is 292 g/mol. The number of aromatic hydroxyl groups is 1. The van der Waals surface area contributed by atoms with E-state index in [2.05, 4.69) is 24.5 Å². The molecule has 23 heavy (non-hydrogen) atoms. The summed E-state index contributed by atoms with van der Waals surface area (Å²) in [5.74, 6) is 0.262. The van der Waals surface area contributed by atoms with Crippen molar-refractivity contribution >= 4 is 6.09 Å². The number of carbonyl (C=O) groups is 1. The summed E-state index contributed by atoms with van der Waals surface area (Å²) in [6, 6.07) is 7.46. The van der Waals surface area contributed by atoms with Crippen LogP contribution >= 0.6 is 0 Å². The van der Waals surface area contributed by atoms with Gasteiger partial charge in [0, 0.05) is 18.6 Å². The molecule has 5 heteroatoms. The third-order valence-corrected chi connectivity index (χ3v) is 3.41. The highest BCUT2D eigenvalue weighted by atomic mass is 16.6. The molecule has 0 aromatic heterocycles. The molecule has 0 aliphatic carbocycles. The quantitative estimate of drug-likeness (QED) is 0.715. The van der Waals surface area contributed by atoms with E-state index in [1.807, 2.05) is 32.9 Å². The normalized spacial score (nSPS) is 14.1. The van der Waals surface area contributed by atoms with E-state index in [9.17, 15) is 9.90 Å². The van der Waals surface area contributed by atoms with Crippen molar-refractivity contribution in [3.05, 3.63) is 29.8 Å². The van der Waals surface area contributed by atoms with Crippen molar-refractivity contribution < 1.29 is 14.6 Å². The summed E-state index contributed by atoms with van der Waals surface area (Å²) in [5, 5.41) is 15.7. The lowest BCUT2D eigenvalue weighted by Gasteiger charge is -2.25. The maximum Gasteiger partial charge on any atom is 0.407 e. The molecule has 0 radical (unpaired) electrons. The molecule has 0 spiro atoms. The van der Waals surface area contributed by atoms with Gasteiger partial charge in [-0.2, -0.15) is 0 Å². The molecule has 2 atom stereocenters. The van der Waals surface area contributed by atoms with Gasteiger partial charge in [0.1, 0.15) is 11.4 Å². The zero-order chi connectivity index (χ0) is 17.5. The Balaban J connectivity index is 2.54. The lowest BCUT2D eigenvalue weighted by molar-refractivity contribution is 0.0521. The second kappa shape index (κ2) is 8.77. The number of ether oxygens (including phenoxy) is 1. The maximum absolute atomic E-state index is 11.8. The number of hydrogen-bond acceptors (Lipinski definition) is 4. The molecule has 0 bridgehead atoms. The molecule has 0 aliphatic rings. The van der Waals surface area contributed by atoms with Crippen LogP contribution in [0, 0.1) is 0 Å². The lowest BCUT2D eigenvalue weighted by Crippen LogP contribution is -2.43. The summed E-state index contributed by atoms with van der Waals surface area (Å²) >= 11 is 0. The van der Waals surface area contributed by atoms with Gasteiger partial charge in [-0.15, -0.1) is 0 Å². The van der Waals surface area contributed by atoms with Crippen LogP contribution in [0.4, 0.5) is 4.79 Å². The summed E-state index contributed by atoms with van der Waals surface area (Å²) in [6.45, 7) is 10.3. The maximum atomic E-state index is 11.8. The smallest absolute Gasteiger partial charge is 0.407 e. The molecule has 0 aliphatic heterocycles. The van der Waals surface area contributed by atoms with Crippen LogP contribution in [-0.4, -0.2) is 29.4 Å². The van der Waals surface area contributed by atoms with E-state index < -0.39 is 11.7 Å². The molecule has 130 valence electrons. The van der Waals surface area contributed by atoms with E-state index in [1.54, 1.807) is 12.1 Å². The second-order valence-electron chi connectivity index (χ2n) is 6.85. The van der Waals surface area contributed by atoms with E-state index in [0.29, 0.717) is 6.54 Å². The van der Waals surface area contributed by atoms with Gasteiger partial charge < -0.3 is 20.5 Å². The first-order valence-electron chi connectivity index (χ1n) is 8.23. The first-order chi connectivity index (χ1) is 10.7. The molecule has 0 fully saturated rings. The third-order valence-electron chi connectivity index (χ3n) is 3.41. The van der Waals surface area contributed by atoms with Crippen LogP contribution in [0.5, 0.6) is 5.75 Å². The van der Waals surface area contributed by atoms with Crippen molar-refractivity contribution in [3.63, 3.8) is 0 Å². The Morgan fingerprint density at radius 2 is 1.87 bits per heavy atom. The highest BCUT2D eigenvalue weighted by Gasteiger charge is 2.18.